The van der Waals surface area contributed by atoms with Crippen LogP contribution in [0.1, 0.15) is 13.3 Å². The normalized spacial score (nSPS) is 12.0. The molecule has 4 rings (SSSR count). The molecule has 0 aliphatic carbocycles. The lowest BCUT2D eigenvalue weighted by atomic mass is 10.4. The Labute approximate surface area is 199 Å². The molecule has 4 aromatic rings. The van der Waals surface area contributed by atoms with Gasteiger partial charge in [-0.2, -0.15) is 0 Å². The fraction of sp³-hybridized carbons (Fsp3) is 0.138. The zero-order chi connectivity index (χ0) is 22.9. The van der Waals surface area contributed by atoms with Gasteiger partial charge in [-0.3, -0.25) is 4.79 Å². The Morgan fingerprint density at radius 3 is 1.36 bits per heavy atom. The third-order valence-corrected chi connectivity index (χ3v) is 10.6. The number of carbonyl (C=O) groups excluding carboxylic acids is 1. The van der Waals surface area contributed by atoms with Gasteiger partial charge in [0.1, 0.15) is 5.85 Å². The minimum Gasteiger partial charge on any atom is -0.457 e. The predicted molar refractivity (Wildman–Crippen MR) is 143 cm³/mol. The van der Waals surface area contributed by atoms with Crippen LogP contribution in [0, 0.1) is 0 Å². The highest BCUT2D eigenvalue weighted by Gasteiger charge is 2.28. The quantitative estimate of drug-likeness (QED) is 0.238. The van der Waals surface area contributed by atoms with E-state index in [1.165, 1.54) is 28.1 Å². The molecule has 0 spiro atoms. The SMILES string of the molecule is CC(=O)OC(CCP(c1ccccc1)c1ccccc1)P(c1ccccc1)c1ccccc1. The van der Waals surface area contributed by atoms with Crippen LogP contribution >= 0.6 is 15.8 Å². The summed E-state index contributed by atoms with van der Waals surface area (Å²) in [5, 5.41) is 5.16. The molecule has 0 aromatic heterocycles. The Hall–Kier alpha value is -2.79. The van der Waals surface area contributed by atoms with Crippen molar-refractivity contribution in [3.63, 3.8) is 0 Å². The molecule has 33 heavy (non-hydrogen) atoms. The Morgan fingerprint density at radius 1 is 0.636 bits per heavy atom. The summed E-state index contributed by atoms with van der Waals surface area (Å²) in [5.41, 5.74) is 0. The van der Waals surface area contributed by atoms with Gasteiger partial charge in [-0.1, -0.05) is 121 Å². The molecule has 1 unspecified atom stereocenters. The molecule has 166 valence electrons. The summed E-state index contributed by atoms with van der Waals surface area (Å²) in [5.74, 6) is -0.400. The summed E-state index contributed by atoms with van der Waals surface area (Å²) in [6.45, 7) is 1.52. The molecule has 0 N–H and O–H groups in total. The van der Waals surface area contributed by atoms with E-state index < -0.39 is 15.8 Å². The first-order valence-corrected chi connectivity index (χ1v) is 14.1. The maximum Gasteiger partial charge on any atom is 0.303 e. The van der Waals surface area contributed by atoms with Crippen LogP contribution < -0.4 is 21.2 Å². The van der Waals surface area contributed by atoms with E-state index in [1.54, 1.807) is 0 Å². The Morgan fingerprint density at radius 2 is 1.00 bits per heavy atom. The second kappa shape index (κ2) is 11.9. The number of ether oxygens (including phenoxy) is 1. The molecule has 0 bridgehead atoms. The monoisotopic (exact) mass is 470 g/mol. The fourth-order valence-corrected chi connectivity index (χ4v) is 9.12. The van der Waals surface area contributed by atoms with Gasteiger partial charge in [-0.05, 0) is 49.6 Å². The Kier molecular flexibility index (Phi) is 8.42. The second-order valence-corrected chi connectivity index (χ2v) is 12.4. The highest BCUT2D eigenvalue weighted by Crippen LogP contribution is 2.45. The molecule has 0 fully saturated rings. The summed E-state index contributed by atoms with van der Waals surface area (Å²) in [6, 6.07) is 42.4. The van der Waals surface area contributed by atoms with Crippen molar-refractivity contribution >= 4 is 43.0 Å². The molecule has 0 saturated heterocycles. The van der Waals surface area contributed by atoms with Crippen molar-refractivity contribution in [3.8, 4) is 0 Å². The van der Waals surface area contributed by atoms with E-state index in [0.717, 1.165) is 12.6 Å². The summed E-state index contributed by atoms with van der Waals surface area (Å²) in [7, 11) is -1.40. The largest absolute Gasteiger partial charge is 0.457 e. The van der Waals surface area contributed by atoms with Crippen LogP contribution in [-0.2, 0) is 9.53 Å². The summed E-state index contributed by atoms with van der Waals surface area (Å²) >= 11 is 0. The van der Waals surface area contributed by atoms with Crippen LogP contribution in [0.5, 0.6) is 0 Å². The van der Waals surface area contributed by atoms with Crippen molar-refractivity contribution in [1.29, 1.82) is 0 Å². The number of carbonyl (C=O) groups is 1. The van der Waals surface area contributed by atoms with Crippen molar-refractivity contribution in [1.82, 2.24) is 0 Å². The van der Waals surface area contributed by atoms with E-state index in [2.05, 4.69) is 109 Å². The molecule has 1 atom stereocenters. The number of esters is 1. The lowest BCUT2D eigenvalue weighted by Gasteiger charge is -2.29. The van der Waals surface area contributed by atoms with Crippen LogP contribution in [0.3, 0.4) is 0 Å². The number of benzene rings is 4. The maximum atomic E-state index is 12.2. The van der Waals surface area contributed by atoms with E-state index in [1.807, 2.05) is 12.1 Å². The highest BCUT2D eigenvalue weighted by molar-refractivity contribution is 7.74. The van der Waals surface area contributed by atoms with Crippen molar-refractivity contribution in [2.75, 3.05) is 6.16 Å². The first-order valence-electron chi connectivity index (χ1n) is 11.2. The maximum absolute atomic E-state index is 12.2. The van der Waals surface area contributed by atoms with Gasteiger partial charge in [0, 0.05) is 6.92 Å². The van der Waals surface area contributed by atoms with E-state index in [9.17, 15) is 4.79 Å². The Balaban J connectivity index is 1.68. The van der Waals surface area contributed by atoms with Gasteiger partial charge in [-0.15, -0.1) is 0 Å². The number of rotatable bonds is 9. The van der Waals surface area contributed by atoms with E-state index in [-0.39, 0.29) is 11.8 Å². The first kappa shape index (κ1) is 23.4. The fourth-order valence-electron chi connectivity index (χ4n) is 3.95. The van der Waals surface area contributed by atoms with E-state index in [4.69, 9.17) is 4.74 Å². The molecular formula is C29H28O2P2. The molecule has 2 nitrogen and oxygen atoms in total. The molecule has 0 aliphatic rings. The van der Waals surface area contributed by atoms with Crippen LogP contribution in [0.15, 0.2) is 121 Å². The van der Waals surface area contributed by atoms with Crippen LogP contribution in [0.4, 0.5) is 0 Å². The van der Waals surface area contributed by atoms with Crippen LogP contribution in [0.25, 0.3) is 0 Å². The number of hydrogen-bond donors (Lipinski definition) is 0. The molecule has 0 amide bonds. The minimum absolute atomic E-state index is 0.181. The van der Waals surface area contributed by atoms with Crippen molar-refractivity contribution < 1.29 is 9.53 Å². The van der Waals surface area contributed by atoms with Gasteiger partial charge in [0.05, 0.1) is 0 Å². The summed E-state index contributed by atoms with van der Waals surface area (Å²) < 4.78 is 6.04. The lowest BCUT2D eigenvalue weighted by molar-refractivity contribution is -0.142. The summed E-state index contributed by atoms with van der Waals surface area (Å²) in [4.78, 5) is 12.2. The second-order valence-electron chi connectivity index (χ2n) is 7.72. The van der Waals surface area contributed by atoms with E-state index >= 15 is 0 Å². The van der Waals surface area contributed by atoms with Gasteiger partial charge in [-0.25, -0.2) is 0 Å². The molecule has 4 aromatic carbocycles. The molecule has 0 radical (unpaired) electrons. The molecular weight excluding hydrogens is 442 g/mol. The number of hydrogen-bond acceptors (Lipinski definition) is 2. The Bertz CT molecular complexity index is 1040. The first-order chi connectivity index (χ1) is 16.2. The van der Waals surface area contributed by atoms with Gasteiger partial charge < -0.3 is 4.74 Å². The van der Waals surface area contributed by atoms with Crippen molar-refractivity contribution in [2.45, 2.75) is 19.2 Å². The lowest BCUT2D eigenvalue weighted by Crippen LogP contribution is -2.27. The van der Waals surface area contributed by atoms with Crippen LogP contribution in [0.2, 0.25) is 0 Å². The van der Waals surface area contributed by atoms with Gasteiger partial charge in [0.2, 0.25) is 0 Å². The third-order valence-electron chi connectivity index (χ3n) is 5.39. The molecule has 0 saturated carbocycles. The standard InChI is InChI=1S/C29H28O2P2/c1-24(30)31-29(33(27-18-10-4-11-19-27)28-20-12-5-13-21-28)22-23-32(25-14-6-2-7-15-25)26-16-8-3-9-17-26/h2-21,29H,22-23H2,1H3. The third kappa shape index (κ3) is 6.38. The molecule has 0 heterocycles. The van der Waals surface area contributed by atoms with Gasteiger partial charge in [0.25, 0.3) is 0 Å². The average Bonchev–Trinajstić information content (AvgIpc) is 2.86. The topological polar surface area (TPSA) is 26.3 Å². The summed E-state index contributed by atoms with van der Waals surface area (Å²) in [6.07, 6.45) is 1.77. The van der Waals surface area contributed by atoms with E-state index in [0.29, 0.717) is 0 Å². The average molecular weight is 470 g/mol. The highest BCUT2D eigenvalue weighted by atomic mass is 31.1. The smallest absolute Gasteiger partial charge is 0.303 e. The van der Waals surface area contributed by atoms with Gasteiger partial charge >= 0.3 is 5.97 Å². The van der Waals surface area contributed by atoms with Crippen LogP contribution in [-0.4, -0.2) is 18.0 Å². The predicted octanol–water partition coefficient (Wildman–Crippen LogP) is 5.53. The minimum atomic E-state index is -0.848. The van der Waals surface area contributed by atoms with Gasteiger partial charge in [0.15, 0.2) is 0 Å². The molecule has 4 heteroatoms. The zero-order valence-corrected chi connectivity index (χ0v) is 20.5. The van der Waals surface area contributed by atoms with Crippen molar-refractivity contribution in [3.05, 3.63) is 121 Å². The van der Waals surface area contributed by atoms with Crippen molar-refractivity contribution in [2.24, 2.45) is 0 Å². The molecule has 0 aliphatic heterocycles. The zero-order valence-electron chi connectivity index (χ0n) is 18.7.